The van der Waals surface area contributed by atoms with Crippen molar-refractivity contribution in [1.82, 2.24) is 9.66 Å². The molecule has 5 nitrogen and oxygen atoms in total. The Hall–Kier alpha value is -1.38. The van der Waals surface area contributed by atoms with E-state index in [-0.39, 0.29) is 10.7 Å². The molecular formula is C11H11F2N3O2S. The lowest BCUT2D eigenvalue weighted by Crippen LogP contribution is -2.44. The van der Waals surface area contributed by atoms with Crippen molar-refractivity contribution < 1.29 is 17.6 Å². The van der Waals surface area contributed by atoms with Crippen molar-refractivity contribution in [3.05, 3.63) is 24.0 Å². The predicted octanol–water partition coefficient (Wildman–Crippen LogP) is 1.14. The molecule has 0 N–H and O–H groups in total. The largest absolute Gasteiger partial charge is 0.573 e. The highest BCUT2D eigenvalue weighted by atomic mass is 32.3. The zero-order valence-corrected chi connectivity index (χ0v) is 10.7. The number of rotatable bonds is 2. The standard InChI is InChI=1S/C11H11F2N3O2S/c12-8-2-1-3-9-10(8)14-11(19(13)17)16(9)15-4-6-18-7-5-15/h1-3H,4-7H2. The second kappa shape index (κ2) is 4.95. The molecule has 3 rings (SSSR count). The van der Waals surface area contributed by atoms with Gasteiger partial charge in [-0.05, 0) is 12.1 Å². The molecule has 0 aliphatic carbocycles. The lowest BCUT2D eigenvalue weighted by atomic mass is 10.3. The maximum atomic E-state index is 13.7. The molecular weight excluding hydrogens is 276 g/mol. The molecule has 8 heteroatoms. The highest BCUT2D eigenvalue weighted by molar-refractivity contribution is 7.86. The van der Waals surface area contributed by atoms with Crippen LogP contribution in [0.5, 0.6) is 0 Å². The summed E-state index contributed by atoms with van der Waals surface area (Å²) in [4.78, 5) is 3.82. The lowest BCUT2D eigenvalue weighted by Gasteiger charge is -2.29. The first-order valence-corrected chi connectivity index (χ1v) is 6.81. The summed E-state index contributed by atoms with van der Waals surface area (Å²) >= 11 is -2.78. The van der Waals surface area contributed by atoms with Gasteiger partial charge in [-0.1, -0.05) is 6.07 Å². The zero-order valence-electron chi connectivity index (χ0n) is 9.88. The van der Waals surface area contributed by atoms with Gasteiger partial charge in [-0.2, -0.15) is 9.66 Å². The maximum absolute atomic E-state index is 13.7. The summed E-state index contributed by atoms with van der Waals surface area (Å²) in [6.07, 6.45) is 0. The minimum Gasteiger partial charge on any atom is -0.573 e. The molecule has 1 aromatic carbocycles. The zero-order chi connectivity index (χ0) is 13.4. The third kappa shape index (κ3) is 2.15. The van der Waals surface area contributed by atoms with Crippen LogP contribution >= 0.6 is 0 Å². The number of hydrogen-bond acceptors (Lipinski definition) is 4. The summed E-state index contributed by atoms with van der Waals surface area (Å²) in [6, 6.07) is 4.38. The van der Waals surface area contributed by atoms with E-state index in [1.54, 1.807) is 11.1 Å². The van der Waals surface area contributed by atoms with Gasteiger partial charge in [0.2, 0.25) is 0 Å². The first-order valence-electron chi connectivity index (χ1n) is 5.76. The van der Waals surface area contributed by atoms with Crippen LogP contribution in [0.1, 0.15) is 0 Å². The van der Waals surface area contributed by atoms with E-state index < -0.39 is 17.4 Å². The number of nitrogens with zero attached hydrogens (tertiary/aromatic N) is 3. The maximum Gasteiger partial charge on any atom is 0.385 e. The van der Waals surface area contributed by atoms with Gasteiger partial charge in [0.1, 0.15) is 5.52 Å². The van der Waals surface area contributed by atoms with Crippen LogP contribution in [0, 0.1) is 5.82 Å². The van der Waals surface area contributed by atoms with Crippen molar-refractivity contribution in [1.29, 1.82) is 0 Å². The number of morpholine rings is 1. The van der Waals surface area contributed by atoms with Gasteiger partial charge < -0.3 is 14.3 Å². The summed E-state index contributed by atoms with van der Waals surface area (Å²) in [5.41, 5.74) is 0.429. The fraction of sp³-hybridized carbons (Fsp3) is 0.364. The molecule has 0 bridgehead atoms. The quantitative estimate of drug-likeness (QED) is 0.777. The number of benzene rings is 1. The normalized spacial score (nSPS) is 17.9. The average Bonchev–Trinajstić information content (AvgIpc) is 2.81. The SMILES string of the molecule is [O-][S+](F)c1nc2c(F)cccc2n1N1CCOCC1. The Labute approximate surface area is 111 Å². The third-order valence-electron chi connectivity index (χ3n) is 3.00. The number of ether oxygens (including phenoxy) is 1. The molecule has 1 aromatic heterocycles. The van der Waals surface area contributed by atoms with Crippen molar-refractivity contribution in [2.45, 2.75) is 5.16 Å². The van der Waals surface area contributed by atoms with Crippen molar-refractivity contribution in [2.24, 2.45) is 0 Å². The van der Waals surface area contributed by atoms with E-state index in [0.717, 1.165) is 0 Å². The number of para-hydroxylation sites is 1. The molecule has 0 amide bonds. The molecule has 0 radical (unpaired) electrons. The molecule has 1 unspecified atom stereocenters. The molecule has 1 fully saturated rings. The van der Waals surface area contributed by atoms with E-state index in [1.807, 2.05) is 0 Å². The Balaban J connectivity index is 2.18. The number of fused-ring (bicyclic) bond motifs is 1. The average molecular weight is 287 g/mol. The second-order valence-corrected chi connectivity index (χ2v) is 4.92. The van der Waals surface area contributed by atoms with E-state index in [2.05, 4.69) is 4.98 Å². The Morgan fingerprint density at radius 1 is 1.32 bits per heavy atom. The van der Waals surface area contributed by atoms with E-state index in [9.17, 15) is 12.8 Å². The number of halogens is 2. The summed E-state index contributed by atoms with van der Waals surface area (Å²) in [7, 11) is 0. The highest BCUT2D eigenvalue weighted by Crippen LogP contribution is 2.23. The molecule has 2 heterocycles. The van der Waals surface area contributed by atoms with Crippen LogP contribution in [0.25, 0.3) is 11.0 Å². The third-order valence-corrected chi connectivity index (χ3v) is 3.55. The predicted molar refractivity (Wildman–Crippen MR) is 66.0 cm³/mol. The van der Waals surface area contributed by atoms with Crippen molar-refractivity contribution >= 4 is 22.6 Å². The molecule has 19 heavy (non-hydrogen) atoms. The number of hydrogen-bond donors (Lipinski definition) is 0. The molecule has 1 aliphatic rings. The van der Waals surface area contributed by atoms with Gasteiger partial charge in [0.15, 0.2) is 5.82 Å². The molecule has 0 saturated carbocycles. The van der Waals surface area contributed by atoms with Crippen LogP contribution in [0.4, 0.5) is 8.28 Å². The van der Waals surface area contributed by atoms with Crippen LogP contribution in [-0.4, -0.2) is 40.5 Å². The molecule has 102 valence electrons. The molecule has 0 spiro atoms. The number of aromatic nitrogens is 2. The van der Waals surface area contributed by atoms with Crippen molar-refractivity contribution in [2.75, 3.05) is 31.3 Å². The fourth-order valence-corrected chi connectivity index (χ4v) is 2.68. The van der Waals surface area contributed by atoms with Crippen molar-refractivity contribution in [3.63, 3.8) is 0 Å². The summed E-state index contributed by atoms with van der Waals surface area (Å²) in [5.74, 6) is -0.559. The molecule has 1 saturated heterocycles. The Bertz CT molecular complexity index is 599. The van der Waals surface area contributed by atoms with Crippen LogP contribution in [0.3, 0.4) is 0 Å². The van der Waals surface area contributed by atoms with E-state index >= 15 is 0 Å². The van der Waals surface area contributed by atoms with Gasteiger partial charge in [-0.3, -0.25) is 0 Å². The van der Waals surface area contributed by atoms with Gasteiger partial charge in [0.05, 0.1) is 31.8 Å². The van der Waals surface area contributed by atoms with Crippen LogP contribution < -0.4 is 5.01 Å². The van der Waals surface area contributed by atoms with Crippen LogP contribution in [0.2, 0.25) is 0 Å². The Kier molecular flexibility index (Phi) is 3.29. The van der Waals surface area contributed by atoms with E-state index in [1.165, 1.54) is 16.8 Å². The van der Waals surface area contributed by atoms with Crippen LogP contribution in [0.15, 0.2) is 23.4 Å². The highest BCUT2D eigenvalue weighted by Gasteiger charge is 2.28. The topological polar surface area (TPSA) is 53.4 Å². The summed E-state index contributed by atoms with van der Waals surface area (Å²) < 4.78 is 44.7. The van der Waals surface area contributed by atoms with Crippen LogP contribution in [-0.2, 0) is 16.3 Å². The fourth-order valence-electron chi connectivity index (χ4n) is 2.16. The first-order chi connectivity index (χ1) is 9.18. The summed E-state index contributed by atoms with van der Waals surface area (Å²) in [5, 5.41) is 1.47. The van der Waals surface area contributed by atoms with Crippen molar-refractivity contribution in [3.8, 4) is 0 Å². The van der Waals surface area contributed by atoms with Gasteiger partial charge in [-0.15, -0.1) is 0 Å². The Morgan fingerprint density at radius 3 is 2.74 bits per heavy atom. The summed E-state index contributed by atoms with van der Waals surface area (Å²) in [6.45, 7) is 1.97. The monoisotopic (exact) mass is 287 g/mol. The Morgan fingerprint density at radius 2 is 2.05 bits per heavy atom. The molecule has 1 atom stereocenters. The van der Waals surface area contributed by atoms with E-state index in [4.69, 9.17) is 4.74 Å². The smallest absolute Gasteiger partial charge is 0.385 e. The number of imidazole rings is 1. The van der Waals surface area contributed by atoms with E-state index in [0.29, 0.717) is 31.8 Å². The van der Waals surface area contributed by atoms with Gasteiger partial charge >= 0.3 is 5.16 Å². The van der Waals surface area contributed by atoms with Gasteiger partial charge in [0, 0.05) is 3.89 Å². The minimum absolute atomic E-state index is 0.0231. The second-order valence-electron chi connectivity index (χ2n) is 4.10. The first kappa shape index (κ1) is 12.6. The van der Waals surface area contributed by atoms with Gasteiger partial charge in [-0.25, -0.2) is 4.39 Å². The minimum atomic E-state index is -2.78. The lowest BCUT2D eigenvalue weighted by molar-refractivity contribution is 0.110. The van der Waals surface area contributed by atoms with Gasteiger partial charge in [0.25, 0.3) is 11.6 Å². The molecule has 2 aromatic rings. The molecule has 1 aliphatic heterocycles.